The monoisotopic (exact) mass is 235 g/mol. The number of pyridine rings is 1. The van der Waals surface area contributed by atoms with Crippen LogP contribution in [0.5, 0.6) is 0 Å². The standard InChI is InChI=1S/C12H17N3O2/c13-10(12(17)15-7-1-2-8-15)11(16)9-3-5-14-6-4-9/h3-6,10-11,16H,1-2,7-8,13H2/t10-,11-/m1/s1. The zero-order valence-corrected chi connectivity index (χ0v) is 9.62. The molecule has 2 atom stereocenters. The van der Waals surface area contributed by atoms with E-state index in [9.17, 15) is 9.90 Å². The SMILES string of the molecule is N[C@@H](C(=O)N1CCCC1)[C@H](O)c1ccncc1. The molecule has 1 aliphatic heterocycles. The van der Waals surface area contributed by atoms with E-state index in [-0.39, 0.29) is 5.91 Å². The summed E-state index contributed by atoms with van der Waals surface area (Å²) < 4.78 is 0. The van der Waals surface area contributed by atoms with Gasteiger partial charge in [-0.1, -0.05) is 0 Å². The number of hydrogen-bond acceptors (Lipinski definition) is 4. The molecule has 0 saturated carbocycles. The zero-order chi connectivity index (χ0) is 12.3. The van der Waals surface area contributed by atoms with Gasteiger partial charge in [0.2, 0.25) is 5.91 Å². The van der Waals surface area contributed by atoms with Crippen LogP contribution in [0.4, 0.5) is 0 Å². The van der Waals surface area contributed by atoms with Crippen molar-refractivity contribution >= 4 is 5.91 Å². The number of hydrogen-bond donors (Lipinski definition) is 2. The Morgan fingerprint density at radius 2 is 1.94 bits per heavy atom. The number of rotatable bonds is 3. The molecule has 0 aliphatic carbocycles. The summed E-state index contributed by atoms with van der Waals surface area (Å²) in [7, 11) is 0. The molecule has 1 aromatic rings. The van der Waals surface area contributed by atoms with E-state index >= 15 is 0 Å². The summed E-state index contributed by atoms with van der Waals surface area (Å²) in [6.07, 6.45) is 4.22. The third-order valence-electron chi connectivity index (χ3n) is 3.09. The Balaban J connectivity index is 2.04. The number of amides is 1. The van der Waals surface area contributed by atoms with Gasteiger partial charge in [0.1, 0.15) is 12.1 Å². The van der Waals surface area contributed by atoms with E-state index in [1.807, 2.05) is 0 Å². The van der Waals surface area contributed by atoms with Gasteiger partial charge in [-0.25, -0.2) is 0 Å². The van der Waals surface area contributed by atoms with Crippen LogP contribution in [0.2, 0.25) is 0 Å². The molecule has 92 valence electrons. The molecule has 17 heavy (non-hydrogen) atoms. The molecule has 1 fully saturated rings. The third kappa shape index (κ3) is 2.62. The molecule has 0 aromatic carbocycles. The van der Waals surface area contributed by atoms with Gasteiger partial charge in [-0.3, -0.25) is 9.78 Å². The summed E-state index contributed by atoms with van der Waals surface area (Å²) in [6.45, 7) is 1.49. The van der Waals surface area contributed by atoms with Crippen LogP contribution in [0.1, 0.15) is 24.5 Å². The Kier molecular flexibility index (Phi) is 3.71. The maximum atomic E-state index is 12.0. The van der Waals surface area contributed by atoms with Gasteiger partial charge in [-0.2, -0.15) is 0 Å². The number of aliphatic hydroxyl groups is 1. The number of carbonyl (C=O) groups excluding carboxylic acids is 1. The lowest BCUT2D eigenvalue weighted by Crippen LogP contribution is -2.45. The summed E-state index contributed by atoms with van der Waals surface area (Å²) in [5, 5.41) is 10.0. The number of aliphatic hydroxyl groups excluding tert-OH is 1. The van der Waals surface area contributed by atoms with E-state index < -0.39 is 12.1 Å². The average Bonchev–Trinajstić information content (AvgIpc) is 2.91. The second-order valence-corrected chi connectivity index (χ2v) is 4.28. The van der Waals surface area contributed by atoms with Crippen LogP contribution in [0.25, 0.3) is 0 Å². The van der Waals surface area contributed by atoms with Crippen LogP contribution < -0.4 is 5.73 Å². The van der Waals surface area contributed by atoms with E-state index in [4.69, 9.17) is 5.73 Å². The maximum absolute atomic E-state index is 12.0. The first-order valence-corrected chi connectivity index (χ1v) is 5.82. The summed E-state index contributed by atoms with van der Waals surface area (Å²) in [6, 6.07) is 2.44. The van der Waals surface area contributed by atoms with Crippen LogP contribution in [0, 0.1) is 0 Å². The molecule has 1 amide bonds. The number of carbonyl (C=O) groups is 1. The fourth-order valence-electron chi connectivity index (χ4n) is 2.05. The van der Waals surface area contributed by atoms with Gasteiger partial charge in [-0.05, 0) is 30.5 Å². The van der Waals surface area contributed by atoms with Gasteiger partial charge >= 0.3 is 0 Å². The number of likely N-dealkylation sites (tertiary alicyclic amines) is 1. The molecule has 0 unspecified atom stereocenters. The Morgan fingerprint density at radius 1 is 1.35 bits per heavy atom. The fourth-order valence-corrected chi connectivity index (χ4v) is 2.05. The van der Waals surface area contributed by atoms with Crippen molar-refractivity contribution in [2.24, 2.45) is 5.73 Å². The molecule has 0 spiro atoms. The second-order valence-electron chi connectivity index (χ2n) is 4.28. The minimum absolute atomic E-state index is 0.174. The Morgan fingerprint density at radius 3 is 2.53 bits per heavy atom. The van der Waals surface area contributed by atoms with E-state index in [0.29, 0.717) is 5.56 Å². The predicted octanol–water partition coefficient (Wildman–Crippen LogP) is 0.0647. The van der Waals surface area contributed by atoms with Crippen LogP contribution in [0.15, 0.2) is 24.5 Å². The minimum Gasteiger partial charge on any atom is -0.386 e. The van der Waals surface area contributed by atoms with E-state index in [1.54, 1.807) is 29.4 Å². The van der Waals surface area contributed by atoms with Gasteiger partial charge in [0.15, 0.2) is 0 Å². The van der Waals surface area contributed by atoms with E-state index in [0.717, 1.165) is 25.9 Å². The highest BCUT2D eigenvalue weighted by Crippen LogP contribution is 2.18. The number of nitrogens with zero attached hydrogens (tertiary/aromatic N) is 2. The molecule has 1 saturated heterocycles. The Labute approximate surface area is 100 Å². The molecule has 3 N–H and O–H groups in total. The van der Waals surface area contributed by atoms with Gasteiger partial charge < -0.3 is 15.7 Å². The summed E-state index contributed by atoms with van der Waals surface area (Å²) >= 11 is 0. The molecule has 2 heterocycles. The first-order chi connectivity index (χ1) is 8.20. The highest BCUT2D eigenvalue weighted by molar-refractivity contribution is 5.82. The second kappa shape index (κ2) is 5.25. The van der Waals surface area contributed by atoms with Crippen LogP contribution in [0.3, 0.4) is 0 Å². The average molecular weight is 235 g/mol. The highest BCUT2D eigenvalue weighted by atomic mass is 16.3. The third-order valence-corrected chi connectivity index (χ3v) is 3.09. The molecule has 1 aliphatic rings. The van der Waals surface area contributed by atoms with Crippen LogP contribution >= 0.6 is 0 Å². The summed E-state index contributed by atoms with van der Waals surface area (Å²) in [5.74, 6) is -0.174. The van der Waals surface area contributed by atoms with Crippen molar-refractivity contribution in [3.8, 4) is 0 Å². The largest absolute Gasteiger partial charge is 0.386 e. The molecule has 0 radical (unpaired) electrons. The van der Waals surface area contributed by atoms with E-state index in [2.05, 4.69) is 4.98 Å². The topological polar surface area (TPSA) is 79.5 Å². The molecular weight excluding hydrogens is 218 g/mol. The lowest BCUT2D eigenvalue weighted by molar-refractivity contribution is -0.134. The van der Waals surface area contributed by atoms with Crippen molar-refractivity contribution in [1.82, 2.24) is 9.88 Å². The fraction of sp³-hybridized carbons (Fsp3) is 0.500. The van der Waals surface area contributed by atoms with Crippen molar-refractivity contribution < 1.29 is 9.90 Å². The lowest BCUT2D eigenvalue weighted by atomic mass is 10.0. The van der Waals surface area contributed by atoms with Crippen molar-refractivity contribution in [1.29, 1.82) is 0 Å². The predicted molar refractivity (Wildman–Crippen MR) is 63.0 cm³/mol. The minimum atomic E-state index is -0.967. The maximum Gasteiger partial charge on any atom is 0.242 e. The van der Waals surface area contributed by atoms with Gasteiger partial charge in [-0.15, -0.1) is 0 Å². The molecular formula is C12H17N3O2. The molecule has 0 bridgehead atoms. The lowest BCUT2D eigenvalue weighted by Gasteiger charge is -2.23. The molecule has 1 aromatic heterocycles. The summed E-state index contributed by atoms with van der Waals surface area (Å²) in [4.78, 5) is 17.6. The first kappa shape index (κ1) is 12.0. The first-order valence-electron chi connectivity index (χ1n) is 5.82. The Bertz CT molecular complexity index is 377. The Hall–Kier alpha value is -1.46. The smallest absolute Gasteiger partial charge is 0.242 e. The van der Waals surface area contributed by atoms with Crippen molar-refractivity contribution in [3.63, 3.8) is 0 Å². The van der Waals surface area contributed by atoms with Crippen molar-refractivity contribution in [3.05, 3.63) is 30.1 Å². The van der Waals surface area contributed by atoms with Gasteiger partial charge in [0.25, 0.3) is 0 Å². The number of nitrogens with two attached hydrogens (primary N) is 1. The van der Waals surface area contributed by atoms with Crippen LogP contribution in [-0.4, -0.2) is 40.0 Å². The normalized spacial score (nSPS) is 19.1. The highest BCUT2D eigenvalue weighted by Gasteiger charge is 2.29. The number of aromatic nitrogens is 1. The molecule has 2 rings (SSSR count). The zero-order valence-electron chi connectivity index (χ0n) is 9.62. The summed E-state index contributed by atoms with van der Waals surface area (Å²) in [5.41, 5.74) is 6.44. The molecule has 5 heteroatoms. The van der Waals surface area contributed by atoms with E-state index in [1.165, 1.54) is 0 Å². The molecule has 5 nitrogen and oxygen atoms in total. The quantitative estimate of drug-likeness (QED) is 0.776. The van der Waals surface area contributed by atoms with Gasteiger partial charge in [0.05, 0.1) is 0 Å². The van der Waals surface area contributed by atoms with Crippen LogP contribution in [-0.2, 0) is 4.79 Å². The van der Waals surface area contributed by atoms with Crippen molar-refractivity contribution in [2.45, 2.75) is 25.0 Å². The van der Waals surface area contributed by atoms with Gasteiger partial charge in [0, 0.05) is 25.5 Å². The van der Waals surface area contributed by atoms with Crippen molar-refractivity contribution in [2.75, 3.05) is 13.1 Å².